The van der Waals surface area contributed by atoms with Gasteiger partial charge in [0.15, 0.2) is 17.3 Å². The van der Waals surface area contributed by atoms with Crippen LogP contribution in [0.25, 0.3) is 22.7 Å². The van der Waals surface area contributed by atoms with Gasteiger partial charge in [0.2, 0.25) is 17.5 Å². The molecule has 1 atom stereocenters. The number of hydrogen-bond acceptors (Lipinski definition) is 7. The van der Waals surface area contributed by atoms with Crippen LogP contribution in [0.4, 0.5) is 13.2 Å². The van der Waals surface area contributed by atoms with E-state index in [9.17, 15) is 18.0 Å². The van der Waals surface area contributed by atoms with Crippen molar-refractivity contribution in [1.82, 2.24) is 34.6 Å². The van der Waals surface area contributed by atoms with Crippen LogP contribution < -0.4 is 0 Å². The first-order valence-electron chi connectivity index (χ1n) is 11.6. The second kappa shape index (κ2) is 8.71. The molecule has 1 aromatic carbocycles. The number of aryl methyl sites for hydroxylation is 1. The van der Waals surface area contributed by atoms with E-state index in [4.69, 9.17) is 8.83 Å². The fraction of sp³-hybridized carbons (Fsp3) is 0.240. The van der Waals surface area contributed by atoms with Crippen LogP contribution in [0.1, 0.15) is 45.1 Å². The quantitative estimate of drug-likeness (QED) is 0.338. The topological polar surface area (TPSA) is 119 Å². The minimum absolute atomic E-state index is 0.0655. The van der Waals surface area contributed by atoms with Crippen LogP contribution in [-0.2, 0) is 26.1 Å². The number of allylic oxidation sites excluding steroid dienone is 1. The first-order valence-corrected chi connectivity index (χ1v) is 11.6. The summed E-state index contributed by atoms with van der Waals surface area (Å²) in [7, 11) is 1.60. The van der Waals surface area contributed by atoms with Gasteiger partial charge in [0, 0.05) is 31.9 Å². The molecule has 0 fully saturated rings. The van der Waals surface area contributed by atoms with Crippen molar-refractivity contribution in [2.75, 3.05) is 6.54 Å². The van der Waals surface area contributed by atoms with Gasteiger partial charge < -0.3 is 18.7 Å². The van der Waals surface area contributed by atoms with Gasteiger partial charge in [0.1, 0.15) is 11.2 Å². The lowest BCUT2D eigenvalue weighted by Crippen LogP contribution is -2.41. The van der Waals surface area contributed by atoms with Crippen molar-refractivity contribution in [2.45, 2.75) is 25.1 Å². The van der Waals surface area contributed by atoms with Crippen LogP contribution in [-0.4, -0.2) is 47.1 Å². The average Bonchev–Trinajstić information content (AvgIpc) is 3.67. The van der Waals surface area contributed by atoms with Gasteiger partial charge in [-0.15, -0.1) is 6.58 Å². The second-order valence-electron chi connectivity index (χ2n) is 8.83. The highest BCUT2D eigenvalue weighted by atomic mass is 19.4. The van der Waals surface area contributed by atoms with E-state index in [2.05, 4.69) is 31.6 Å². The molecule has 38 heavy (non-hydrogen) atoms. The Morgan fingerprint density at radius 3 is 2.84 bits per heavy atom. The number of carbonyl (C=O) groups is 1. The Kier molecular flexibility index (Phi) is 5.44. The zero-order valence-electron chi connectivity index (χ0n) is 20.0. The first-order chi connectivity index (χ1) is 18.2. The van der Waals surface area contributed by atoms with Gasteiger partial charge in [-0.1, -0.05) is 12.1 Å². The number of aromatic amines is 1. The Morgan fingerprint density at radius 1 is 1.26 bits per heavy atom. The summed E-state index contributed by atoms with van der Waals surface area (Å²) in [5, 5.41) is 4.04. The number of nitrogens with zero attached hydrogens (tertiary/aromatic N) is 6. The van der Waals surface area contributed by atoms with E-state index in [1.807, 2.05) is 12.1 Å². The largest absolute Gasteiger partial charge is 0.438 e. The number of amides is 1. The van der Waals surface area contributed by atoms with Gasteiger partial charge in [0.05, 0.1) is 12.0 Å². The van der Waals surface area contributed by atoms with Gasteiger partial charge in [-0.3, -0.25) is 9.48 Å². The lowest BCUT2D eigenvalue weighted by molar-refractivity contribution is -0.141. The predicted octanol–water partition coefficient (Wildman–Crippen LogP) is 4.47. The number of aromatic nitrogens is 6. The first kappa shape index (κ1) is 23.7. The van der Waals surface area contributed by atoms with E-state index in [-0.39, 0.29) is 18.1 Å². The Hall–Kier alpha value is -4.68. The lowest BCUT2D eigenvalue weighted by Gasteiger charge is -2.32. The third-order valence-corrected chi connectivity index (χ3v) is 6.29. The summed E-state index contributed by atoms with van der Waals surface area (Å²) >= 11 is 0. The summed E-state index contributed by atoms with van der Waals surface area (Å²) in [5.74, 6) is -2.24. The third kappa shape index (κ3) is 3.96. The van der Waals surface area contributed by atoms with Crippen LogP contribution in [0.5, 0.6) is 0 Å². The van der Waals surface area contributed by atoms with E-state index >= 15 is 0 Å². The van der Waals surface area contributed by atoms with Crippen molar-refractivity contribution in [2.24, 2.45) is 7.05 Å². The summed E-state index contributed by atoms with van der Waals surface area (Å²) in [5.41, 5.74) is 1.77. The smallest absolute Gasteiger partial charge is 0.437 e. The summed E-state index contributed by atoms with van der Waals surface area (Å²) in [4.78, 5) is 30.5. The molecular formula is C25H20F3N7O3. The highest BCUT2D eigenvalue weighted by Crippen LogP contribution is 2.39. The number of imidazole rings is 1. The maximum Gasteiger partial charge on any atom is 0.437 e. The maximum atomic E-state index is 14.0. The Bertz CT molecular complexity index is 1680. The molecule has 0 saturated carbocycles. The molecule has 1 amide bonds. The van der Waals surface area contributed by atoms with Crippen molar-refractivity contribution >= 4 is 17.0 Å². The summed E-state index contributed by atoms with van der Waals surface area (Å²) < 4.78 is 54.8. The molecule has 0 saturated heterocycles. The van der Waals surface area contributed by atoms with Crippen LogP contribution in [0.15, 0.2) is 58.3 Å². The summed E-state index contributed by atoms with van der Waals surface area (Å²) in [6.45, 7) is 3.81. The zero-order chi connectivity index (χ0) is 26.6. The monoisotopic (exact) mass is 523 g/mol. The molecule has 5 aromatic rings. The molecule has 1 aliphatic rings. The number of hydrogen-bond donors (Lipinski definition) is 1. The van der Waals surface area contributed by atoms with E-state index in [1.54, 1.807) is 19.2 Å². The number of rotatable bonds is 5. The molecule has 0 bridgehead atoms. The number of carbonyl (C=O) groups excluding carboxylic acids is 1. The highest BCUT2D eigenvalue weighted by molar-refractivity contribution is 5.94. The molecule has 0 spiro atoms. The number of benzene rings is 1. The van der Waals surface area contributed by atoms with Crippen LogP contribution in [0.3, 0.4) is 0 Å². The van der Waals surface area contributed by atoms with Gasteiger partial charge in [-0.2, -0.15) is 18.3 Å². The standard InChI is InChI=1S/C25H20F3N7O3/c1-3-4-13-5-6-17-16(11-13)31-23(37-17)19-18-14(29-12-30-18)8-10-35(19)24(36)20-21(25(26,27)28)32-22(38-20)15-7-9-34(2)33-15/h3,5-7,9,11-12,19H,1,4,8,10H2,2H3,(H,29,30)/t19-/m0/s1. The van der Waals surface area contributed by atoms with Gasteiger partial charge in [-0.25, -0.2) is 15.0 Å². The molecule has 4 aromatic heterocycles. The number of alkyl halides is 3. The number of halogens is 3. The molecule has 0 aliphatic carbocycles. The molecule has 5 heterocycles. The average molecular weight is 523 g/mol. The number of fused-ring (bicyclic) bond motifs is 2. The van der Waals surface area contributed by atoms with Gasteiger partial charge in [0.25, 0.3) is 5.91 Å². The fourth-order valence-electron chi connectivity index (χ4n) is 4.57. The molecule has 1 aliphatic heterocycles. The minimum Gasteiger partial charge on any atom is -0.438 e. The number of H-pyrrole nitrogens is 1. The van der Waals surface area contributed by atoms with E-state index < -0.39 is 35.5 Å². The van der Waals surface area contributed by atoms with Crippen molar-refractivity contribution in [3.05, 3.63) is 83.7 Å². The summed E-state index contributed by atoms with van der Waals surface area (Å²) in [6, 6.07) is 5.91. The van der Waals surface area contributed by atoms with E-state index in [1.165, 1.54) is 28.2 Å². The molecular weight excluding hydrogens is 503 g/mol. The van der Waals surface area contributed by atoms with Crippen LogP contribution >= 0.6 is 0 Å². The zero-order valence-corrected chi connectivity index (χ0v) is 20.0. The Morgan fingerprint density at radius 2 is 2.11 bits per heavy atom. The van der Waals surface area contributed by atoms with Crippen LogP contribution in [0, 0.1) is 0 Å². The highest BCUT2D eigenvalue weighted by Gasteiger charge is 2.46. The SMILES string of the molecule is C=CCc1ccc2oc([C@@H]3c4nc[nH]c4CCN3C(=O)c3oc(-c4ccn(C)n4)nc3C(F)(F)F)nc2c1. The normalized spacial score (nSPS) is 15.7. The minimum atomic E-state index is -4.94. The molecule has 1 N–H and O–H groups in total. The van der Waals surface area contributed by atoms with E-state index in [0.29, 0.717) is 29.6 Å². The molecule has 0 radical (unpaired) electrons. The molecule has 6 rings (SSSR count). The Labute approximate surface area is 212 Å². The van der Waals surface area contributed by atoms with Crippen molar-refractivity contribution < 1.29 is 26.8 Å². The number of oxazole rings is 2. The fourth-order valence-corrected chi connectivity index (χ4v) is 4.57. The van der Waals surface area contributed by atoms with Gasteiger partial charge in [-0.05, 0) is 30.2 Å². The molecule has 10 nitrogen and oxygen atoms in total. The molecule has 13 heteroatoms. The van der Waals surface area contributed by atoms with Gasteiger partial charge >= 0.3 is 6.18 Å². The predicted molar refractivity (Wildman–Crippen MR) is 127 cm³/mol. The van der Waals surface area contributed by atoms with E-state index in [0.717, 1.165) is 11.3 Å². The van der Waals surface area contributed by atoms with Crippen molar-refractivity contribution in [3.8, 4) is 11.6 Å². The molecule has 0 unspecified atom stereocenters. The maximum absolute atomic E-state index is 14.0. The Balaban J connectivity index is 1.45. The second-order valence-corrected chi connectivity index (χ2v) is 8.83. The van der Waals surface area contributed by atoms with Crippen LogP contribution in [0.2, 0.25) is 0 Å². The molecule has 194 valence electrons. The third-order valence-electron chi connectivity index (χ3n) is 6.29. The van der Waals surface area contributed by atoms with Crippen molar-refractivity contribution in [1.29, 1.82) is 0 Å². The summed E-state index contributed by atoms with van der Waals surface area (Å²) in [6.07, 6.45) is 0.773. The lowest BCUT2D eigenvalue weighted by atomic mass is 10.0. The number of nitrogens with one attached hydrogen (secondary N) is 1. The van der Waals surface area contributed by atoms with Crippen molar-refractivity contribution in [3.63, 3.8) is 0 Å².